The molecule has 0 unspecified atom stereocenters. The van der Waals surface area contributed by atoms with Crippen LogP contribution in [0.1, 0.15) is 16.7 Å². The molecule has 4 aliphatic heterocycles. The first-order valence-corrected chi connectivity index (χ1v) is 21.4. The Hall–Kier alpha value is -6.05. The quantitative estimate of drug-likeness (QED) is 0.161. The number of hydrogen-bond donors (Lipinski definition) is 0. The van der Waals surface area contributed by atoms with Gasteiger partial charge in [0.1, 0.15) is 0 Å². The van der Waals surface area contributed by atoms with Gasteiger partial charge in [-0.25, -0.2) is 0 Å². The zero-order chi connectivity index (χ0) is 43.1. The zero-order valence-corrected chi connectivity index (χ0v) is 42.5. The largest absolute Gasteiger partial charge is 0.504 e. The standard InChI is InChI=1S/C29H27N4.C26H21N4.2Os/c1-19-10-24(32-17-30(4)26-12-20(2)21(3)13-28(26)32)16-25(11-19)33-18-31(5)27-14-22-8-6-7-9-23(22)15-29(27)33;1-27-17-29(24-13-6-5-12-23(24)27)21-10-7-11-22(16-21)30-18-28(2)25-14-19-8-3-4-9-20(19)15-26(25)30;;/h6-15,17-18H,1-5H3;3-15,17-18H,1-2H3;;/q2*-3;;. The van der Waals surface area contributed by atoms with Crippen LogP contribution in [0.15, 0.2) is 140 Å². The minimum atomic E-state index is 0. The summed E-state index contributed by atoms with van der Waals surface area (Å²) in [6, 6.07) is 57.2. The molecule has 0 aromatic heterocycles. The molecule has 8 nitrogen and oxygen atoms in total. The van der Waals surface area contributed by atoms with E-state index in [0.29, 0.717) is 0 Å². The van der Waals surface area contributed by atoms with Crippen LogP contribution in [0.3, 0.4) is 0 Å². The summed E-state index contributed by atoms with van der Waals surface area (Å²) < 4.78 is 0. The van der Waals surface area contributed by atoms with Crippen molar-refractivity contribution in [2.24, 2.45) is 0 Å². The zero-order valence-electron chi connectivity index (χ0n) is 37.4. The first-order valence-electron chi connectivity index (χ1n) is 21.4. The Morgan fingerprint density at radius 1 is 0.323 bits per heavy atom. The Kier molecular flexibility index (Phi) is 11.8. The minimum absolute atomic E-state index is 0. The molecule has 4 aliphatic rings. The number of nitrogens with zero attached hydrogens (tertiary/aromatic N) is 8. The molecule has 0 amide bonds. The third kappa shape index (κ3) is 7.76. The second-order valence-corrected chi connectivity index (χ2v) is 17.0. The van der Waals surface area contributed by atoms with Gasteiger partial charge in [0.2, 0.25) is 0 Å². The Balaban J connectivity index is 0.000000160. The normalized spacial score (nSPS) is 14.6. The third-order valence-electron chi connectivity index (χ3n) is 12.7. The van der Waals surface area contributed by atoms with E-state index in [1.54, 1.807) is 0 Å². The van der Waals surface area contributed by atoms with Crippen LogP contribution in [0.2, 0.25) is 0 Å². The molecular weight excluding hydrogens is 1150 g/mol. The van der Waals surface area contributed by atoms with Crippen LogP contribution < -0.4 is 39.2 Å². The van der Waals surface area contributed by atoms with Gasteiger partial charge in [0.05, 0.1) is 0 Å². The summed E-state index contributed by atoms with van der Waals surface area (Å²) in [5, 5.41) is 4.99. The predicted molar refractivity (Wildman–Crippen MR) is 265 cm³/mol. The number of benzene rings is 8. The van der Waals surface area contributed by atoms with Gasteiger partial charge in [-0.1, -0.05) is 67.6 Å². The van der Waals surface area contributed by atoms with Gasteiger partial charge in [0, 0.05) is 85.1 Å². The van der Waals surface area contributed by atoms with Gasteiger partial charge in [-0.15, -0.1) is 59.1 Å². The topological polar surface area (TPSA) is 25.9 Å². The van der Waals surface area contributed by atoms with E-state index in [0.717, 1.165) is 22.7 Å². The monoisotopic (exact) mass is 1200 g/mol. The molecule has 0 aliphatic carbocycles. The first kappa shape index (κ1) is 44.2. The van der Waals surface area contributed by atoms with Crippen LogP contribution >= 0.6 is 0 Å². The second kappa shape index (κ2) is 17.4. The van der Waals surface area contributed by atoms with Crippen molar-refractivity contribution in [2.45, 2.75) is 20.8 Å². The molecule has 10 heteroatoms. The molecular formula is C55H48N8Os2-6. The molecule has 0 saturated heterocycles. The van der Waals surface area contributed by atoms with E-state index in [2.05, 4.69) is 266 Å². The summed E-state index contributed by atoms with van der Waals surface area (Å²) in [7, 11) is 8.38. The molecule has 0 radical (unpaired) electrons. The summed E-state index contributed by atoms with van der Waals surface area (Å²) in [6.07, 6.45) is 0. The molecule has 0 saturated carbocycles. The van der Waals surface area contributed by atoms with Crippen LogP contribution in [0, 0.1) is 59.6 Å². The molecule has 8 aromatic carbocycles. The first-order chi connectivity index (χ1) is 30.6. The van der Waals surface area contributed by atoms with Crippen molar-refractivity contribution >= 4 is 89.8 Å². The predicted octanol–water partition coefficient (Wildman–Crippen LogP) is 13.0. The van der Waals surface area contributed by atoms with E-state index < -0.39 is 0 Å². The Bertz CT molecular complexity index is 3100. The molecule has 4 heterocycles. The van der Waals surface area contributed by atoms with Crippen LogP contribution in [-0.4, -0.2) is 28.2 Å². The Morgan fingerprint density at radius 2 is 0.646 bits per heavy atom. The maximum absolute atomic E-state index is 3.71. The maximum Gasteiger partial charge on any atom is 0.0332 e. The molecule has 330 valence electrons. The van der Waals surface area contributed by atoms with Crippen molar-refractivity contribution in [3.63, 3.8) is 0 Å². The van der Waals surface area contributed by atoms with Crippen LogP contribution in [-0.2, 0) is 39.6 Å². The summed E-state index contributed by atoms with van der Waals surface area (Å²) >= 11 is 0. The number of fused-ring (bicyclic) bond motifs is 6. The molecule has 0 spiro atoms. The van der Waals surface area contributed by atoms with Gasteiger partial charge in [-0.2, -0.15) is 38.3 Å². The summed E-state index contributed by atoms with van der Waals surface area (Å²) in [6.45, 7) is 15.1. The second-order valence-electron chi connectivity index (χ2n) is 17.0. The van der Waals surface area contributed by atoms with Crippen LogP contribution in [0.4, 0.5) is 68.2 Å². The summed E-state index contributed by atoms with van der Waals surface area (Å²) in [5.74, 6) is 0. The van der Waals surface area contributed by atoms with Gasteiger partial charge in [-0.05, 0) is 123 Å². The van der Waals surface area contributed by atoms with Gasteiger partial charge in [0.25, 0.3) is 0 Å². The molecule has 8 aromatic rings. The maximum atomic E-state index is 3.71. The van der Waals surface area contributed by atoms with E-state index >= 15 is 0 Å². The van der Waals surface area contributed by atoms with Crippen molar-refractivity contribution in [3.05, 3.63) is 195 Å². The average Bonchev–Trinajstić information content (AvgIpc) is 4.02. The van der Waals surface area contributed by atoms with E-state index in [4.69, 9.17) is 0 Å². The SMILES string of the molecule is CN1[CH-]N(c2[c-]c(N3[CH-]N(C)c4cc5ccccc5cc43)ccc2)c2ccccc21.Cc1cc(N2[CH-]N(C)c3cc(C)c(C)cc32)[c-]c(N2[CH-]N(C)c3cc4ccccc4cc32)c1.[Os].[Os]. The average molecular weight is 1200 g/mol. The van der Waals surface area contributed by atoms with Crippen molar-refractivity contribution in [1.82, 2.24) is 0 Å². The summed E-state index contributed by atoms with van der Waals surface area (Å²) in [4.78, 5) is 17.6. The molecule has 0 fully saturated rings. The van der Waals surface area contributed by atoms with Crippen molar-refractivity contribution in [2.75, 3.05) is 67.4 Å². The van der Waals surface area contributed by atoms with Gasteiger partial charge < -0.3 is 39.2 Å². The molecule has 12 rings (SSSR count). The van der Waals surface area contributed by atoms with Crippen LogP contribution in [0.5, 0.6) is 0 Å². The number of rotatable bonds is 4. The number of para-hydroxylation sites is 2. The van der Waals surface area contributed by atoms with E-state index in [1.807, 2.05) is 0 Å². The van der Waals surface area contributed by atoms with Crippen LogP contribution in [0.25, 0.3) is 21.5 Å². The number of hydrogen-bond acceptors (Lipinski definition) is 8. The molecule has 0 N–H and O–H groups in total. The van der Waals surface area contributed by atoms with Gasteiger partial charge >= 0.3 is 0 Å². The summed E-state index contributed by atoms with van der Waals surface area (Å²) in [5.41, 5.74) is 17.5. The van der Waals surface area contributed by atoms with Gasteiger partial charge in [-0.3, -0.25) is 0 Å². The van der Waals surface area contributed by atoms with Crippen molar-refractivity contribution < 1.29 is 39.6 Å². The smallest absolute Gasteiger partial charge is 0.0332 e. The third-order valence-corrected chi connectivity index (χ3v) is 12.7. The minimum Gasteiger partial charge on any atom is -0.504 e. The van der Waals surface area contributed by atoms with E-state index in [9.17, 15) is 0 Å². The number of anilines is 12. The Labute approximate surface area is 410 Å². The van der Waals surface area contributed by atoms with E-state index in [1.165, 1.54) is 83.7 Å². The van der Waals surface area contributed by atoms with Crippen molar-refractivity contribution in [1.29, 1.82) is 0 Å². The molecule has 0 bridgehead atoms. The number of aryl methyl sites for hydroxylation is 3. The molecule has 0 atom stereocenters. The van der Waals surface area contributed by atoms with Crippen molar-refractivity contribution in [3.8, 4) is 0 Å². The Morgan fingerprint density at radius 3 is 1.12 bits per heavy atom. The fourth-order valence-electron chi connectivity index (χ4n) is 9.23. The molecule has 65 heavy (non-hydrogen) atoms. The van der Waals surface area contributed by atoms with E-state index in [-0.39, 0.29) is 39.6 Å². The fraction of sp³-hybridized carbons (Fsp3) is 0.127. The fourth-order valence-corrected chi connectivity index (χ4v) is 9.23. The van der Waals surface area contributed by atoms with Gasteiger partial charge in [0.15, 0.2) is 0 Å².